The molecule has 3 nitrogen and oxygen atoms in total. The average Bonchev–Trinajstić information content (AvgIpc) is 2.95. The highest BCUT2D eigenvalue weighted by molar-refractivity contribution is 7.99. The number of hydrogen-bond donors (Lipinski definition) is 1. The van der Waals surface area contributed by atoms with E-state index < -0.39 is 0 Å². The summed E-state index contributed by atoms with van der Waals surface area (Å²) in [6.07, 6.45) is 7.35. The lowest BCUT2D eigenvalue weighted by atomic mass is 9.66. The number of carbonyl (C=O) groups is 1. The molecule has 0 amide bonds. The molecular weight excluding hydrogens is 282 g/mol. The third-order valence-corrected chi connectivity index (χ3v) is 6.97. The van der Waals surface area contributed by atoms with Crippen LogP contribution < -0.4 is 5.32 Å². The van der Waals surface area contributed by atoms with Gasteiger partial charge in [0, 0.05) is 23.7 Å². The Morgan fingerprint density at radius 1 is 1.33 bits per heavy atom. The van der Waals surface area contributed by atoms with E-state index in [1.54, 1.807) is 0 Å². The number of carbonyl (C=O) groups excluding carboxylic acids is 1. The zero-order valence-corrected chi connectivity index (χ0v) is 14.1. The van der Waals surface area contributed by atoms with Crippen LogP contribution in [-0.2, 0) is 9.53 Å². The Balaban J connectivity index is 1.72. The number of piperidine rings is 1. The molecule has 0 radical (unpaired) electrons. The van der Waals surface area contributed by atoms with Crippen molar-refractivity contribution >= 4 is 17.5 Å². The molecule has 4 heteroatoms. The van der Waals surface area contributed by atoms with Crippen molar-refractivity contribution in [1.82, 2.24) is 5.32 Å². The zero-order chi connectivity index (χ0) is 14.8. The number of ether oxygens (including phenoxy) is 1. The second-order valence-electron chi connectivity index (χ2n) is 7.17. The Morgan fingerprint density at radius 2 is 2.14 bits per heavy atom. The van der Waals surface area contributed by atoms with Crippen molar-refractivity contribution in [2.45, 2.75) is 57.5 Å². The van der Waals surface area contributed by atoms with Gasteiger partial charge < -0.3 is 10.1 Å². The number of Topliss-reactive ketones (excluding diaryl/α,β-unsaturated/α-hetero) is 1. The highest BCUT2D eigenvalue weighted by Gasteiger charge is 2.47. The first-order valence-electron chi connectivity index (χ1n) is 8.66. The van der Waals surface area contributed by atoms with Gasteiger partial charge in [-0.2, -0.15) is 11.8 Å². The van der Waals surface area contributed by atoms with E-state index in [4.69, 9.17) is 4.74 Å². The molecule has 3 aliphatic rings. The molecule has 3 aliphatic heterocycles. The van der Waals surface area contributed by atoms with Crippen molar-refractivity contribution < 1.29 is 9.53 Å². The molecule has 3 fully saturated rings. The lowest BCUT2D eigenvalue weighted by Gasteiger charge is -2.43. The van der Waals surface area contributed by atoms with Gasteiger partial charge in [-0.3, -0.25) is 4.79 Å². The fourth-order valence-electron chi connectivity index (χ4n) is 4.55. The van der Waals surface area contributed by atoms with Gasteiger partial charge in [-0.15, -0.1) is 0 Å². The highest BCUT2D eigenvalue weighted by atomic mass is 32.2. The van der Waals surface area contributed by atoms with Crippen LogP contribution in [0.25, 0.3) is 0 Å². The van der Waals surface area contributed by atoms with Crippen molar-refractivity contribution in [3.8, 4) is 0 Å². The van der Waals surface area contributed by atoms with E-state index in [1.807, 2.05) is 11.8 Å². The van der Waals surface area contributed by atoms with E-state index in [0.717, 1.165) is 70.4 Å². The Bertz CT molecular complexity index is 367. The minimum atomic E-state index is -0.0328. The van der Waals surface area contributed by atoms with Gasteiger partial charge in [-0.25, -0.2) is 0 Å². The van der Waals surface area contributed by atoms with E-state index in [0.29, 0.717) is 5.78 Å². The number of hydrogen-bond acceptors (Lipinski definition) is 4. The Labute approximate surface area is 133 Å². The molecule has 2 unspecified atom stereocenters. The quantitative estimate of drug-likeness (QED) is 0.866. The predicted molar refractivity (Wildman–Crippen MR) is 87.8 cm³/mol. The maximum absolute atomic E-state index is 13.3. The lowest BCUT2D eigenvalue weighted by molar-refractivity contribution is -0.145. The van der Waals surface area contributed by atoms with E-state index in [2.05, 4.69) is 12.2 Å². The molecule has 2 atom stereocenters. The van der Waals surface area contributed by atoms with Gasteiger partial charge in [-0.1, -0.05) is 13.3 Å². The molecule has 21 heavy (non-hydrogen) atoms. The number of rotatable bonds is 4. The standard InChI is InChI=1S/C17H29NO2S/c1-2-4-16(5-8-18-9-6-16)15(19)14-3-10-20-17(12-14)7-11-21-13-17/h14,18H,2-13H2,1H3. The van der Waals surface area contributed by atoms with E-state index >= 15 is 0 Å². The third-order valence-electron chi connectivity index (χ3n) is 5.74. The van der Waals surface area contributed by atoms with Gasteiger partial charge in [0.05, 0.1) is 5.60 Å². The van der Waals surface area contributed by atoms with Crippen LogP contribution in [0.5, 0.6) is 0 Å². The second-order valence-corrected chi connectivity index (χ2v) is 8.27. The molecule has 0 aromatic heterocycles. The maximum atomic E-state index is 13.3. The fourth-order valence-corrected chi connectivity index (χ4v) is 5.93. The molecule has 0 aromatic rings. The first-order chi connectivity index (χ1) is 10.2. The topological polar surface area (TPSA) is 38.3 Å². The monoisotopic (exact) mass is 311 g/mol. The third kappa shape index (κ3) is 3.18. The molecule has 3 saturated heterocycles. The van der Waals surface area contributed by atoms with Crippen molar-refractivity contribution in [2.75, 3.05) is 31.2 Å². The van der Waals surface area contributed by atoms with E-state index in [9.17, 15) is 4.79 Å². The summed E-state index contributed by atoms with van der Waals surface area (Å²) in [5, 5.41) is 3.42. The first kappa shape index (κ1) is 15.8. The molecule has 0 bridgehead atoms. The largest absolute Gasteiger partial charge is 0.374 e. The molecule has 3 rings (SSSR count). The maximum Gasteiger partial charge on any atom is 0.142 e. The average molecular weight is 311 g/mol. The van der Waals surface area contributed by atoms with Crippen LogP contribution in [0.4, 0.5) is 0 Å². The predicted octanol–water partition coefficient (Wildman–Crippen LogP) is 3.03. The number of thioether (sulfide) groups is 1. The van der Waals surface area contributed by atoms with Crippen LogP contribution in [0.15, 0.2) is 0 Å². The first-order valence-corrected chi connectivity index (χ1v) is 9.82. The van der Waals surface area contributed by atoms with Gasteiger partial charge in [-0.05, 0) is 57.4 Å². The molecule has 120 valence electrons. The fraction of sp³-hybridized carbons (Fsp3) is 0.941. The summed E-state index contributed by atoms with van der Waals surface area (Å²) < 4.78 is 6.10. The summed E-state index contributed by atoms with van der Waals surface area (Å²) in [4.78, 5) is 13.3. The molecule has 0 aliphatic carbocycles. The molecule has 0 saturated carbocycles. The molecule has 3 heterocycles. The lowest BCUT2D eigenvalue weighted by Crippen LogP contribution is -2.49. The van der Waals surface area contributed by atoms with Crippen LogP contribution in [0, 0.1) is 11.3 Å². The molecular formula is C17H29NO2S. The van der Waals surface area contributed by atoms with Gasteiger partial charge in [0.1, 0.15) is 5.78 Å². The Morgan fingerprint density at radius 3 is 2.81 bits per heavy atom. The van der Waals surface area contributed by atoms with Crippen molar-refractivity contribution in [1.29, 1.82) is 0 Å². The van der Waals surface area contributed by atoms with E-state index in [-0.39, 0.29) is 16.9 Å². The summed E-state index contributed by atoms with van der Waals surface area (Å²) in [5.74, 6) is 3.12. The minimum absolute atomic E-state index is 0.0313. The summed E-state index contributed by atoms with van der Waals surface area (Å²) in [5.41, 5.74) is -0.00148. The Kier molecular flexibility index (Phi) is 4.97. The summed E-state index contributed by atoms with van der Waals surface area (Å²) in [7, 11) is 0. The van der Waals surface area contributed by atoms with Gasteiger partial charge in [0.15, 0.2) is 0 Å². The van der Waals surface area contributed by atoms with E-state index in [1.165, 1.54) is 5.75 Å². The highest BCUT2D eigenvalue weighted by Crippen LogP contribution is 2.45. The van der Waals surface area contributed by atoms with Crippen molar-refractivity contribution in [2.24, 2.45) is 11.3 Å². The smallest absolute Gasteiger partial charge is 0.142 e. The number of nitrogens with one attached hydrogen (secondary N) is 1. The minimum Gasteiger partial charge on any atom is -0.374 e. The Hall–Kier alpha value is -0.0600. The number of ketones is 1. The molecule has 1 spiro atoms. The van der Waals surface area contributed by atoms with Gasteiger partial charge in [0.2, 0.25) is 0 Å². The van der Waals surface area contributed by atoms with Crippen LogP contribution >= 0.6 is 11.8 Å². The summed E-state index contributed by atoms with van der Waals surface area (Å²) in [6, 6.07) is 0. The molecule has 0 aromatic carbocycles. The van der Waals surface area contributed by atoms with Crippen LogP contribution in [-0.4, -0.2) is 42.6 Å². The summed E-state index contributed by atoms with van der Waals surface area (Å²) in [6.45, 7) is 5.03. The SMILES string of the molecule is CCCC1(C(=O)C2CCOC3(CCSC3)C2)CCNCC1. The zero-order valence-electron chi connectivity index (χ0n) is 13.3. The molecule has 1 N–H and O–H groups in total. The second kappa shape index (κ2) is 6.59. The van der Waals surface area contributed by atoms with Crippen molar-refractivity contribution in [3.05, 3.63) is 0 Å². The van der Waals surface area contributed by atoms with Gasteiger partial charge in [0.25, 0.3) is 0 Å². The summed E-state index contributed by atoms with van der Waals surface area (Å²) >= 11 is 1.99. The van der Waals surface area contributed by atoms with Gasteiger partial charge >= 0.3 is 0 Å². The van der Waals surface area contributed by atoms with Crippen LogP contribution in [0.3, 0.4) is 0 Å². The van der Waals surface area contributed by atoms with Crippen molar-refractivity contribution in [3.63, 3.8) is 0 Å². The van der Waals surface area contributed by atoms with Crippen LogP contribution in [0.2, 0.25) is 0 Å². The van der Waals surface area contributed by atoms with Crippen LogP contribution in [0.1, 0.15) is 51.9 Å². The normalized spacial score (nSPS) is 36.0.